The van der Waals surface area contributed by atoms with Gasteiger partial charge in [0.05, 0.1) is 18.4 Å². The fraction of sp³-hybridized carbons (Fsp3) is 0.370. The lowest BCUT2D eigenvalue weighted by atomic mass is 10.0. The second kappa shape index (κ2) is 10.3. The van der Waals surface area contributed by atoms with Crippen LogP contribution in [0.2, 0.25) is 0 Å². The molecule has 2 aliphatic heterocycles. The zero-order chi connectivity index (χ0) is 24.2. The van der Waals surface area contributed by atoms with Crippen molar-refractivity contribution in [3.05, 3.63) is 59.8 Å². The van der Waals surface area contributed by atoms with Crippen LogP contribution in [0.15, 0.2) is 48.7 Å². The SMILES string of the molecule is CN(C)c1cc2ccc1-c1ccnc(n1)Nc1ccc(OC3CC3)c(c1)COCCCCNC2=O. The minimum atomic E-state index is -0.0820. The Kier molecular flexibility index (Phi) is 6.81. The van der Waals surface area contributed by atoms with E-state index < -0.39 is 0 Å². The van der Waals surface area contributed by atoms with E-state index in [-0.39, 0.29) is 5.91 Å². The molecule has 0 radical (unpaired) electrons. The highest BCUT2D eigenvalue weighted by Crippen LogP contribution is 2.33. The van der Waals surface area contributed by atoms with E-state index in [1.165, 1.54) is 0 Å². The number of amides is 1. The van der Waals surface area contributed by atoms with Crippen LogP contribution in [0, 0.1) is 0 Å². The molecule has 3 aliphatic rings. The maximum atomic E-state index is 12.7. The Balaban J connectivity index is 1.50. The number of benzene rings is 2. The number of carbonyl (C=O) groups is 1. The first-order valence-corrected chi connectivity index (χ1v) is 12.1. The van der Waals surface area contributed by atoms with E-state index in [0.717, 1.165) is 59.6 Å². The summed E-state index contributed by atoms with van der Waals surface area (Å²) >= 11 is 0. The molecule has 0 spiro atoms. The van der Waals surface area contributed by atoms with E-state index in [1.807, 2.05) is 61.5 Å². The smallest absolute Gasteiger partial charge is 0.251 e. The fourth-order valence-corrected chi connectivity index (χ4v) is 4.02. The number of rotatable bonds is 3. The highest BCUT2D eigenvalue weighted by Gasteiger charge is 2.24. The molecule has 8 heteroatoms. The van der Waals surface area contributed by atoms with Gasteiger partial charge < -0.3 is 25.0 Å². The molecule has 0 unspecified atom stereocenters. The average molecular weight is 474 g/mol. The van der Waals surface area contributed by atoms with Gasteiger partial charge in [-0.05, 0) is 68.1 Å². The van der Waals surface area contributed by atoms with Crippen LogP contribution in [0.4, 0.5) is 17.3 Å². The third-order valence-electron chi connectivity index (χ3n) is 6.07. The van der Waals surface area contributed by atoms with Gasteiger partial charge in [-0.1, -0.05) is 0 Å². The average Bonchev–Trinajstić information content (AvgIpc) is 3.68. The standard InChI is InChI=1S/C27H31N5O3/c1-32(2)24-16-18-5-9-22(24)23-11-13-29-27(31-23)30-20-6-10-25(35-21-7-8-21)19(15-20)17-34-14-4-3-12-28-26(18)33/h5-6,9-11,13,15-16,21H,3-4,7-8,12,14,17H2,1-2H3,(H,28,33)(H,29,30,31). The van der Waals surface area contributed by atoms with Crippen LogP contribution in [0.1, 0.15) is 41.6 Å². The van der Waals surface area contributed by atoms with Gasteiger partial charge in [0.15, 0.2) is 0 Å². The lowest BCUT2D eigenvalue weighted by molar-refractivity contribution is 0.0945. The second-order valence-corrected chi connectivity index (χ2v) is 9.17. The number of carbonyl (C=O) groups excluding carboxylic acids is 1. The third-order valence-corrected chi connectivity index (χ3v) is 6.07. The van der Waals surface area contributed by atoms with Crippen molar-refractivity contribution in [2.24, 2.45) is 0 Å². The minimum absolute atomic E-state index is 0.0820. The summed E-state index contributed by atoms with van der Waals surface area (Å²) in [6, 6.07) is 13.6. The van der Waals surface area contributed by atoms with Crippen LogP contribution in [0.5, 0.6) is 5.75 Å². The molecule has 182 valence electrons. The number of nitrogens with zero attached hydrogens (tertiary/aromatic N) is 3. The van der Waals surface area contributed by atoms with E-state index in [4.69, 9.17) is 14.5 Å². The van der Waals surface area contributed by atoms with Gasteiger partial charge >= 0.3 is 0 Å². The van der Waals surface area contributed by atoms with E-state index in [2.05, 4.69) is 15.6 Å². The van der Waals surface area contributed by atoms with E-state index in [0.29, 0.717) is 37.4 Å². The number of fused-ring (bicyclic) bond motifs is 9. The maximum Gasteiger partial charge on any atom is 0.251 e. The largest absolute Gasteiger partial charge is 0.490 e. The molecular formula is C27H31N5O3. The zero-order valence-electron chi connectivity index (χ0n) is 20.2. The van der Waals surface area contributed by atoms with E-state index in [9.17, 15) is 4.79 Å². The Labute approximate surface area is 205 Å². The first-order valence-electron chi connectivity index (χ1n) is 12.1. The Morgan fingerprint density at radius 3 is 2.80 bits per heavy atom. The molecular weight excluding hydrogens is 442 g/mol. The molecule has 3 heterocycles. The summed E-state index contributed by atoms with van der Waals surface area (Å²) in [6.07, 6.45) is 5.95. The molecule has 2 N–H and O–H groups in total. The number of hydrogen-bond donors (Lipinski definition) is 2. The van der Waals surface area contributed by atoms with Crippen molar-refractivity contribution in [3.8, 4) is 17.0 Å². The Bertz CT molecular complexity index is 1210. The van der Waals surface area contributed by atoms with Crippen molar-refractivity contribution in [2.75, 3.05) is 37.5 Å². The first-order chi connectivity index (χ1) is 17.1. The molecule has 0 atom stereocenters. The van der Waals surface area contributed by atoms with E-state index in [1.54, 1.807) is 6.20 Å². The van der Waals surface area contributed by atoms with Gasteiger partial charge in [-0.2, -0.15) is 0 Å². The minimum Gasteiger partial charge on any atom is -0.490 e. The molecule has 1 fully saturated rings. The summed E-state index contributed by atoms with van der Waals surface area (Å²) in [7, 11) is 3.92. The molecule has 6 bridgehead atoms. The summed E-state index contributed by atoms with van der Waals surface area (Å²) < 4.78 is 12.1. The number of ether oxygens (including phenoxy) is 2. The number of nitrogens with one attached hydrogen (secondary N) is 2. The van der Waals surface area contributed by atoms with Crippen molar-refractivity contribution < 1.29 is 14.3 Å². The van der Waals surface area contributed by atoms with Crippen LogP contribution < -0.4 is 20.3 Å². The molecule has 8 nitrogen and oxygen atoms in total. The predicted octanol–water partition coefficient (Wildman–Crippen LogP) is 4.53. The highest BCUT2D eigenvalue weighted by molar-refractivity contribution is 5.96. The molecule has 1 aromatic heterocycles. The van der Waals surface area contributed by atoms with Crippen LogP contribution in [0.25, 0.3) is 11.3 Å². The van der Waals surface area contributed by atoms with Gasteiger partial charge in [0.1, 0.15) is 5.75 Å². The van der Waals surface area contributed by atoms with Crippen LogP contribution in [-0.4, -0.2) is 49.2 Å². The Morgan fingerprint density at radius 1 is 1.09 bits per heavy atom. The summed E-state index contributed by atoms with van der Waals surface area (Å²) in [6.45, 7) is 1.67. The van der Waals surface area contributed by atoms with Crippen LogP contribution in [-0.2, 0) is 11.3 Å². The summed E-state index contributed by atoms with van der Waals surface area (Å²) in [5.41, 5.74) is 5.11. The molecule has 2 aromatic carbocycles. The molecule has 3 aromatic rings. The van der Waals surface area contributed by atoms with Gasteiger partial charge in [0.2, 0.25) is 5.95 Å². The van der Waals surface area contributed by atoms with Crippen molar-refractivity contribution >= 4 is 23.2 Å². The van der Waals surface area contributed by atoms with Gasteiger partial charge in [-0.15, -0.1) is 0 Å². The number of aromatic nitrogens is 2. The molecule has 6 rings (SSSR count). The molecule has 1 aliphatic carbocycles. The van der Waals surface area contributed by atoms with Crippen LogP contribution >= 0.6 is 0 Å². The third kappa shape index (κ3) is 5.71. The summed E-state index contributed by atoms with van der Waals surface area (Å²) in [4.78, 5) is 23.9. The lowest BCUT2D eigenvalue weighted by Crippen LogP contribution is -2.25. The first kappa shape index (κ1) is 23.1. The Hall–Kier alpha value is -3.65. The van der Waals surface area contributed by atoms with Crippen molar-refractivity contribution in [2.45, 2.75) is 38.4 Å². The quantitative estimate of drug-likeness (QED) is 0.578. The highest BCUT2D eigenvalue weighted by atomic mass is 16.5. The number of anilines is 3. The van der Waals surface area contributed by atoms with Crippen molar-refractivity contribution in [1.82, 2.24) is 15.3 Å². The normalized spacial score (nSPS) is 16.3. The lowest BCUT2D eigenvalue weighted by Gasteiger charge is -2.19. The molecule has 1 amide bonds. The fourth-order valence-electron chi connectivity index (χ4n) is 4.02. The summed E-state index contributed by atoms with van der Waals surface area (Å²) in [5.74, 6) is 1.28. The monoisotopic (exact) mass is 473 g/mol. The van der Waals surface area contributed by atoms with E-state index >= 15 is 0 Å². The molecule has 35 heavy (non-hydrogen) atoms. The number of hydrogen-bond acceptors (Lipinski definition) is 7. The molecule has 1 saturated carbocycles. The zero-order valence-corrected chi connectivity index (χ0v) is 20.2. The second-order valence-electron chi connectivity index (χ2n) is 9.17. The summed E-state index contributed by atoms with van der Waals surface area (Å²) in [5, 5.41) is 6.35. The predicted molar refractivity (Wildman–Crippen MR) is 136 cm³/mol. The van der Waals surface area contributed by atoms with Gasteiger partial charge in [-0.25, -0.2) is 9.97 Å². The van der Waals surface area contributed by atoms with Gasteiger partial charge in [-0.3, -0.25) is 4.79 Å². The van der Waals surface area contributed by atoms with Crippen molar-refractivity contribution in [1.29, 1.82) is 0 Å². The Morgan fingerprint density at radius 2 is 1.97 bits per heavy atom. The topological polar surface area (TPSA) is 88.6 Å². The van der Waals surface area contributed by atoms with Gasteiger partial charge in [0, 0.05) is 61.5 Å². The van der Waals surface area contributed by atoms with Crippen molar-refractivity contribution in [3.63, 3.8) is 0 Å². The maximum absolute atomic E-state index is 12.7. The van der Waals surface area contributed by atoms with Gasteiger partial charge in [0.25, 0.3) is 5.91 Å². The molecule has 0 saturated heterocycles. The van der Waals surface area contributed by atoms with Crippen LogP contribution in [0.3, 0.4) is 0 Å².